The predicted octanol–water partition coefficient (Wildman–Crippen LogP) is 2.38. The summed E-state index contributed by atoms with van der Waals surface area (Å²) in [5.74, 6) is 0. The standard InChI is InChI=1S/C12H12N2O2/c1-9-4-3-5-10(8-9)12(14-15-2)11-6-7-16-13-11/h3-8H,1-2H3/b14-12-. The molecule has 0 spiro atoms. The van der Waals surface area contributed by atoms with E-state index in [-0.39, 0.29) is 0 Å². The van der Waals surface area contributed by atoms with Gasteiger partial charge in [0.2, 0.25) is 0 Å². The van der Waals surface area contributed by atoms with Gasteiger partial charge in [-0.25, -0.2) is 0 Å². The summed E-state index contributed by atoms with van der Waals surface area (Å²) >= 11 is 0. The number of benzene rings is 1. The molecule has 0 radical (unpaired) electrons. The third-order valence-corrected chi connectivity index (χ3v) is 2.15. The molecule has 4 heteroatoms. The van der Waals surface area contributed by atoms with Crippen LogP contribution in [-0.4, -0.2) is 18.0 Å². The Morgan fingerprint density at radius 3 is 2.88 bits per heavy atom. The van der Waals surface area contributed by atoms with Crippen LogP contribution in [0.25, 0.3) is 0 Å². The molecule has 82 valence electrons. The number of oxime groups is 1. The molecule has 2 rings (SSSR count). The van der Waals surface area contributed by atoms with Crippen LogP contribution in [0.2, 0.25) is 0 Å². The lowest BCUT2D eigenvalue weighted by atomic mass is 10.1. The van der Waals surface area contributed by atoms with Crippen LogP contribution in [0.5, 0.6) is 0 Å². The molecule has 0 atom stereocenters. The summed E-state index contributed by atoms with van der Waals surface area (Å²) in [5, 5.41) is 7.83. The zero-order valence-corrected chi connectivity index (χ0v) is 9.18. The maximum absolute atomic E-state index is 4.83. The summed E-state index contributed by atoms with van der Waals surface area (Å²) in [7, 11) is 1.51. The minimum atomic E-state index is 0.660. The number of rotatable bonds is 3. The van der Waals surface area contributed by atoms with Gasteiger partial charge in [-0.2, -0.15) is 0 Å². The highest BCUT2D eigenvalue weighted by atomic mass is 16.6. The molecular formula is C12H12N2O2. The quantitative estimate of drug-likeness (QED) is 0.584. The summed E-state index contributed by atoms with van der Waals surface area (Å²) in [6.45, 7) is 2.02. The average Bonchev–Trinajstić information content (AvgIpc) is 2.79. The minimum Gasteiger partial charge on any atom is -0.399 e. The molecule has 0 bridgehead atoms. The van der Waals surface area contributed by atoms with Crippen molar-refractivity contribution in [2.24, 2.45) is 5.16 Å². The van der Waals surface area contributed by atoms with E-state index in [1.54, 1.807) is 6.07 Å². The van der Waals surface area contributed by atoms with Crippen molar-refractivity contribution >= 4 is 5.71 Å². The lowest BCUT2D eigenvalue weighted by molar-refractivity contribution is 0.213. The smallest absolute Gasteiger partial charge is 0.139 e. The lowest BCUT2D eigenvalue weighted by Gasteiger charge is -2.03. The fourth-order valence-corrected chi connectivity index (χ4v) is 1.47. The van der Waals surface area contributed by atoms with E-state index >= 15 is 0 Å². The van der Waals surface area contributed by atoms with E-state index in [1.165, 1.54) is 13.4 Å². The fourth-order valence-electron chi connectivity index (χ4n) is 1.47. The third-order valence-electron chi connectivity index (χ3n) is 2.15. The number of aryl methyl sites for hydroxylation is 1. The van der Waals surface area contributed by atoms with E-state index in [0.29, 0.717) is 11.4 Å². The van der Waals surface area contributed by atoms with Gasteiger partial charge in [-0.15, -0.1) is 0 Å². The van der Waals surface area contributed by atoms with Crippen molar-refractivity contribution in [3.05, 3.63) is 53.4 Å². The molecule has 4 nitrogen and oxygen atoms in total. The van der Waals surface area contributed by atoms with Crippen molar-refractivity contribution in [1.82, 2.24) is 5.16 Å². The Bertz CT molecular complexity index is 489. The van der Waals surface area contributed by atoms with Crippen molar-refractivity contribution in [2.75, 3.05) is 7.11 Å². The summed E-state index contributed by atoms with van der Waals surface area (Å²) in [5.41, 5.74) is 3.44. The monoisotopic (exact) mass is 216 g/mol. The Kier molecular flexibility index (Phi) is 3.00. The normalized spacial score (nSPS) is 11.5. The Morgan fingerprint density at radius 1 is 1.38 bits per heavy atom. The molecule has 1 aromatic carbocycles. The van der Waals surface area contributed by atoms with Crippen LogP contribution in [-0.2, 0) is 4.84 Å². The molecule has 1 heterocycles. The maximum Gasteiger partial charge on any atom is 0.139 e. The second kappa shape index (κ2) is 4.61. The van der Waals surface area contributed by atoms with Gasteiger partial charge in [0.25, 0.3) is 0 Å². The molecule has 0 aliphatic heterocycles. The minimum absolute atomic E-state index is 0.660. The van der Waals surface area contributed by atoms with Gasteiger partial charge in [-0.3, -0.25) is 0 Å². The van der Waals surface area contributed by atoms with Gasteiger partial charge in [0.05, 0.1) is 0 Å². The topological polar surface area (TPSA) is 47.6 Å². The Labute approximate surface area is 93.5 Å². The van der Waals surface area contributed by atoms with Gasteiger partial charge in [0.1, 0.15) is 24.8 Å². The highest BCUT2D eigenvalue weighted by Crippen LogP contribution is 2.11. The first kappa shape index (κ1) is 10.4. The largest absolute Gasteiger partial charge is 0.399 e. The predicted molar refractivity (Wildman–Crippen MR) is 60.3 cm³/mol. The van der Waals surface area contributed by atoms with Gasteiger partial charge < -0.3 is 9.36 Å². The molecule has 0 saturated carbocycles. The third kappa shape index (κ3) is 2.11. The van der Waals surface area contributed by atoms with E-state index in [9.17, 15) is 0 Å². The number of aromatic nitrogens is 1. The molecule has 2 aromatic rings. The SMILES string of the molecule is CO/N=C(/c1cccc(C)c1)c1ccon1. The number of hydrogen-bond acceptors (Lipinski definition) is 4. The second-order valence-electron chi connectivity index (χ2n) is 3.38. The molecular weight excluding hydrogens is 204 g/mol. The van der Waals surface area contributed by atoms with Crippen molar-refractivity contribution < 1.29 is 9.36 Å². The van der Waals surface area contributed by atoms with Gasteiger partial charge in [0.15, 0.2) is 0 Å². The Hall–Kier alpha value is -2.10. The Balaban J connectivity index is 2.45. The summed E-state index contributed by atoms with van der Waals surface area (Å²) in [6.07, 6.45) is 1.51. The van der Waals surface area contributed by atoms with Crippen molar-refractivity contribution in [3.63, 3.8) is 0 Å². The molecule has 0 aliphatic carbocycles. The molecule has 0 N–H and O–H groups in total. The van der Waals surface area contributed by atoms with Crippen LogP contribution < -0.4 is 0 Å². The molecule has 1 aromatic heterocycles. The molecule has 0 amide bonds. The van der Waals surface area contributed by atoms with Crippen LogP contribution in [0.4, 0.5) is 0 Å². The van der Waals surface area contributed by atoms with Gasteiger partial charge in [-0.05, 0) is 13.0 Å². The number of nitrogens with zero attached hydrogens (tertiary/aromatic N) is 2. The van der Waals surface area contributed by atoms with E-state index in [4.69, 9.17) is 9.36 Å². The Morgan fingerprint density at radius 2 is 2.25 bits per heavy atom. The van der Waals surface area contributed by atoms with Gasteiger partial charge in [-0.1, -0.05) is 34.1 Å². The van der Waals surface area contributed by atoms with Crippen LogP contribution in [0.15, 0.2) is 46.3 Å². The van der Waals surface area contributed by atoms with E-state index in [1.807, 2.05) is 31.2 Å². The van der Waals surface area contributed by atoms with Crippen molar-refractivity contribution in [1.29, 1.82) is 0 Å². The maximum atomic E-state index is 4.83. The first-order chi connectivity index (χ1) is 7.81. The van der Waals surface area contributed by atoms with Crippen molar-refractivity contribution in [2.45, 2.75) is 6.92 Å². The van der Waals surface area contributed by atoms with Crippen LogP contribution >= 0.6 is 0 Å². The first-order valence-corrected chi connectivity index (χ1v) is 4.90. The van der Waals surface area contributed by atoms with Gasteiger partial charge >= 0.3 is 0 Å². The zero-order valence-electron chi connectivity index (χ0n) is 9.18. The fraction of sp³-hybridized carbons (Fsp3) is 0.167. The summed E-state index contributed by atoms with van der Waals surface area (Å²) in [4.78, 5) is 4.83. The first-order valence-electron chi connectivity index (χ1n) is 4.90. The molecule has 0 saturated heterocycles. The van der Waals surface area contributed by atoms with Crippen LogP contribution in [0, 0.1) is 6.92 Å². The lowest BCUT2D eigenvalue weighted by Crippen LogP contribution is -2.04. The molecule has 0 aliphatic rings. The van der Waals surface area contributed by atoms with E-state index in [0.717, 1.165) is 11.1 Å². The van der Waals surface area contributed by atoms with E-state index in [2.05, 4.69) is 10.3 Å². The second-order valence-corrected chi connectivity index (χ2v) is 3.38. The highest BCUT2D eigenvalue weighted by molar-refractivity contribution is 6.11. The van der Waals surface area contributed by atoms with Gasteiger partial charge in [0, 0.05) is 11.6 Å². The zero-order chi connectivity index (χ0) is 11.4. The molecule has 16 heavy (non-hydrogen) atoms. The molecule has 0 unspecified atom stereocenters. The summed E-state index contributed by atoms with van der Waals surface area (Å²) in [6, 6.07) is 9.72. The van der Waals surface area contributed by atoms with Crippen LogP contribution in [0.1, 0.15) is 16.8 Å². The number of hydrogen-bond donors (Lipinski definition) is 0. The van der Waals surface area contributed by atoms with Crippen LogP contribution in [0.3, 0.4) is 0 Å². The molecule has 0 fully saturated rings. The average molecular weight is 216 g/mol. The van der Waals surface area contributed by atoms with E-state index < -0.39 is 0 Å². The highest BCUT2D eigenvalue weighted by Gasteiger charge is 2.10. The summed E-state index contributed by atoms with van der Waals surface area (Å²) < 4.78 is 4.81. The van der Waals surface area contributed by atoms with Crippen molar-refractivity contribution in [3.8, 4) is 0 Å².